The van der Waals surface area contributed by atoms with Crippen LogP contribution in [0.1, 0.15) is 36.6 Å². The Hall–Kier alpha value is -5.64. The van der Waals surface area contributed by atoms with E-state index in [0.717, 1.165) is 0 Å². The molecular weight excluding hydrogens is 694 g/mol. The molecule has 3 aromatic rings. The lowest BCUT2D eigenvalue weighted by molar-refractivity contribution is -0.384. The number of nitrogens with one attached hydrogen (secondary N) is 3. The molecule has 0 unspecified atom stereocenters. The number of allylic oxidation sites excluding steroid dienone is 1. The molecule has 4 rings (SSSR count). The minimum Gasteiger partial charge on any atom is -0.493 e. The van der Waals surface area contributed by atoms with E-state index in [9.17, 15) is 24.5 Å². The van der Waals surface area contributed by atoms with Gasteiger partial charge in [-0.1, -0.05) is 18.2 Å². The van der Waals surface area contributed by atoms with Gasteiger partial charge in [0.15, 0.2) is 29.6 Å². The van der Waals surface area contributed by atoms with Crippen molar-refractivity contribution in [1.29, 1.82) is 0 Å². The number of urea groups is 1. The molecule has 0 saturated carbocycles. The van der Waals surface area contributed by atoms with Crippen LogP contribution in [-0.4, -0.2) is 56.5 Å². The number of nitro groups is 1. The highest BCUT2D eigenvalue weighted by atomic mass is 79.9. The van der Waals surface area contributed by atoms with Crippen molar-refractivity contribution in [3.63, 3.8) is 0 Å². The van der Waals surface area contributed by atoms with Crippen LogP contribution < -0.4 is 35.0 Å². The quantitative estimate of drug-likeness (QED) is 0.0911. The van der Waals surface area contributed by atoms with Crippen LogP contribution in [0.5, 0.6) is 23.0 Å². The van der Waals surface area contributed by atoms with Crippen LogP contribution >= 0.6 is 15.9 Å². The Morgan fingerprint density at radius 2 is 1.79 bits per heavy atom. The number of nitro benzene ring substituents is 1. The summed E-state index contributed by atoms with van der Waals surface area (Å²) in [5, 5.41) is 20.3. The SMILES string of the molecule is CCOC(=O)C1=C(C)NC(=O)N[C@H]1c1ccc(OCC(=O)N/N=C\c2cc(OC)c(OCc3cccc([N+](=O)[O-])c3)cc2Br)c(OC)c1. The lowest BCUT2D eigenvalue weighted by atomic mass is 9.95. The number of carbonyl (C=O) groups is 3. The highest BCUT2D eigenvalue weighted by Crippen LogP contribution is 2.35. The van der Waals surface area contributed by atoms with Gasteiger partial charge in [-0.05, 0) is 65.2 Å². The fourth-order valence-corrected chi connectivity index (χ4v) is 5.02. The maximum Gasteiger partial charge on any atom is 0.338 e. The fourth-order valence-electron chi connectivity index (χ4n) is 4.60. The number of ether oxygens (including phenoxy) is 5. The number of hydrogen-bond donors (Lipinski definition) is 3. The molecule has 0 spiro atoms. The monoisotopic (exact) mass is 725 g/mol. The first kappa shape index (κ1) is 35.2. The van der Waals surface area contributed by atoms with E-state index in [-0.39, 0.29) is 36.0 Å². The molecule has 0 aromatic heterocycles. The molecule has 3 N–H and O–H groups in total. The topological polar surface area (TPSA) is 189 Å². The molecule has 16 heteroatoms. The summed E-state index contributed by atoms with van der Waals surface area (Å²) in [7, 11) is 2.88. The lowest BCUT2D eigenvalue weighted by Crippen LogP contribution is -2.45. The Balaban J connectivity index is 1.38. The van der Waals surface area contributed by atoms with E-state index in [1.807, 2.05) is 0 Å². The van der Waals surface area contributed by atoms with Crippen LogP contribution in [0.25, 0.3) is 0 Å². The second-order valence-electron chi connectivity index (χ2n) is 10.0. The highest BCUT2D eigenvalue weighted by Gasteiger charge is 2.32. The molecule has 3 amide bonds. The summed E-state index contributed by atoms with van der Waals surface area (Å²) in [5.74, 6) is 0.132. The second kappa shape index (κ2) is 16.3. The average Bonchev–Trinajstić information content (AvgIpc) is 3.06. The normalized spacial score (nSPS) is 14.1. The first-order valence-electron chi connectivity index (χ1n) is 14.4. The zero-order valence-electron chi connectivity index (χ0n) is 26.3. The lowest BCUT2D eigenvalue weighted by Gasteiger charge is -2.28. The summed E-state index contributed by atoms with van der Waals surface area (Å²) in [4.78, 5) is 47.9. The largest absolute Gasteiger partial charge is 0.493 e. The molecule has 0 bridgehead atoms. The van der Waals surface area contributed by atoms with Gasteiger partial charge in [-0.15, -0.1) is 0 Å². The number of esters is 1. The Kier molecular flexibility index (Phi) is 11.9. The van der Waals surface area contributed by atoms with Gasteiger partial charge in [0.05, 0.1) is 43.6 Å². The molecule has 252 valence electrons. The molecule has 0 aliphatic carbocycles. The molecule has 0 saturated heterocycles. The molecule has 15 nitrogen and oxygen atoms in total. The van der Waals surface area contributed by atoms with Crippen molar-refractivity contribution < 1.29 is 43.0 Å². The van der Waals surface area contributed by atoms with Crippen LogP contribution in [-0.2, 0) is 20.9 Å². The summed E-state index contributed by atoms with van der Waals surface area (Å²) in [6.07, 6.45) is 1.40. The van der Waals surface area contributed by atoms with E-state index >= 15 is 0 Å². The Labute approximate surface area is 283 Å². The smallest absolute Gasteiger partial charge is 0.338 e. The van der Waals surface area contributed by atoms with Gasteiger partial charge >= 0.3 is 12.0 Å². The predicted molar refractivity (Wildman–Crippen MR) is 176 cm³/mol. The number of rotatable bonds is 14. The molecule has 48 heavy (non-hydrogen) atoms. The average molecular weight is 727 g/mol. The maximum absolute atomic E-state index is 12.6. The molecule has 1 aliphatic rings. The van der Waals surface area contributed by atoms with Gasteiger partial charge in [-0.2, -0.15) is 5.10 Å². The molecular formula is C32H32BrN5O10. The van der Waals surface area contributed by atoms with Gasteiger partial charge in [0.1, 0.15) is 6.61 Å². The third-order valence-corrected chi connectivity index (χ3v) is 7.52. The number of non-ortho nitro benzene ring substituents is 1. The van der Waals surface area contributed by atoms with Gasteiger partial charge in [0.25, 0.3) is 11.6 Å². The first-order chi connectivity index (χ1) is 23.0. The number of nitrogens with zero attached hydrogens (tertiary/aromatic N) is 2. The van der Waals surface area contributed by atoms with Crippen molar-refractivity contribution in [2.75, 3.05) is 27.4 Å². The zero-order chi connectivity index (χ0) is 34.8. The third kappa shape index (κ3) is 8.79. The number of methoxy groups -OCH3 is 2. The van der Waals surface area contributed by atoms with Crippen LogP contribution in [0.4, 0.5) is 10.5 Å². The van der Waals surface area contributed by atoms with Gasteiger partial charge in [0.2, 0.25) is 0 Å². The summed E-state index contributed by atoms with van der Waals surface area (Å²) >= 11 is 3.45. The van der Waals surface area contributed by atoms with Crippen molar-refractivity contribution in [2.45, 2.75) is 26.5 Å². The van der Waals surface area contributed by atoms with Gasteiger partial charge in [-0.3, -0.25) is 14.9 Å². The second-order valence-corrected chi connectivity index (χ2v) is 10.9. The summed E-state index contributed by atoms with van der Waals surface area (Å²) in [5.41, 5.74) is 4.66. The number of hydrogen-bond acceptors (Lipinski definition) is 11. The summed E-state index contributed by atoms with van der Waals surface area (Å²) < 4.78 is 28.1. The number of hydrazone groups is 1. The summed E-state index contributed by atoms with van der Waals surface area (Å²) in [6.45, 7) is 3.13. The summed E-state index contributed by atoms with van der Waals surface area (Å²) in [6, 6.07) is 12.9. The van der Waals surface area contributed by atoms with Crippen molar-refractivity contribution in [3.05, 3.63) is 97.1 Å². The van der Waals surface area contributed by atoms with Gasteiger partial charge in [0, 0.05) is 27.9 Å². The minimum atomic E-state index is -0.801. The van der Waals surface area contributed by atoms with E-state index in [1.165, 1.54) is 32.6 Å². The van der Waals surface area contributed by atoms with E-state index in [2.05, 4.69) is 37.1 Å². The number of benzene rings is 3. The Morgan fingerprint density at radius 1 is 1.04 bits per heavy atom. The number of carbonyl (C=O) groups excluding carboxylic acids is 3. The fraction of sp³-hybridized carbons (Fsp3) is 0.250. The van der Waals surface area contributed by atoms with Crippen molar-refractivity contribution >= 4 is 45.7 Å². The Bertz CT molecular complexity index is 1780. The van der Waals surface area contributed by atoms with Crippen molar-refractivity contribution in [2.24, 2.45) is 5.10 Å². The molecule has 3 aromatic carbocycles. The van der Waals surface area contributed by atoms with E-state index in [4.69, 9.17) is 23.7 Å². The van der Waals surface area contributed by atoms with Crippen LogP contribution in [0.15, 0.2) is 75.4 Å². The van der Waals surface area contributed by atoms with Gasteiger partial charge in [-0.25, -0.2) is 15.0 Å². The number of halogens is 1. The number of amides is 3. The van der Waals surface area contributed by atoms with Crippen LogP contribution in [0, 0.1) is 10.1 Å². The highest BCUT2D eigenvalue weighted by molar-refractivity contribution is 9.10. The maximum atomic E-state index is 12.6. The molecule has 1 heterocycles. The van der Waals surface area contributed by atoms with E-state index in [0.29, 0.717) is 38.4 Å². The minimum absolute atomic E-state index is 0.0390. The first-order valence-corrected chi connectivity index (χ1v) is 15.2. The predicted octanol–water partition coefficient (Wildman–Crippen LogP) is 4.67. The van der Waals surface area contributed by atoms with Gasteiger partial charge < -0.3 is 34.3 Å². The van der Waals surface area contributed by atoms with E-state index < -0.39 is 35.5 Å². The van der Waals surface area contributed by atoms with Crippen molar-refractivity contribution in [3.8, 4) is 23.0 Å². The van der Waals surface area contributed by atoms with Crippen LogP contribution in [0.2, 0.25) is 0 Å². The van der Waals surface area contributed by atoms with Crippen molar-refractivity contribution in [1.82, 2.24) is 16.1 Å². The third-order valence-electron chi connectivity index (χ3n) is 6.84. The van der Waals surface area contributed by atoms with Crippen LogP contribution in [0.3, 0.4) is 0 Å². The zero-order valence-corrected chi connectivity index (χ0v) is 27.9. The molecule has 0 fully saturated rings. The molecule has 1 aliphatic heterocycles. The standard InChI is InChI=1S/C32H32BrN5O10/c1-5-46-31(40)29-18(2)35-32(41)36-30(29)20-9-10-24(25(12-20)44-3)48-17-28(39)37-34-15-21-13-26(45-4)27(14-23(21)33)47-16-19-7-6-8-22(11-19)38(42)43/h6-15,30H,5,16-17H2,1-4H3,(H,37,39)(H2,35,36,41)/b34-15-/t30-/m0/s1. The molecule has 1 atom stereocenters. The van der Waals surface area contributed by atoms with E-state index in [1.54, 1.807) is 56.3 Å². The Morgan fingerprint density at radius 3 is 2.50 bits per heavy atom. The molecule has 0 radical (unpaired) electrons.